The third kappa shape index (κ3) is 5.57. The molecule has 1 aromatic carbocycles. The van der Waals surface area contributed by atoms with Crippen LogP contribution in [0.1, 0.15) is 24.0 Å². The van der Waals surface area contributed by atoms with Crippen LogP contribution < -0.4 is 10.6 Å². The zero-order chi connectivity index (χ0) is 15.1. The molecule has 0 spiro atoms. The first-order valence-electron chi connectivity index (χ1n) is 6.90. The molecule has 6 heteroatoms. The molecule has 0 radical (unpaired) electrons. The van der Waals surface area contributed by atoms with Crippen molar-refractivity contribution in [2.45, 2.75) is 19.4 Å². The van der Waals surface area contributed by atoms with Crippen molar-refractivity contribution < 1.29 is 4.39 Å². The molecular weight excluding hydrogens is 412 g/mol. The molecule has 3 nitrogen and oxygen atoms in total. The van der Waals surface area contributed by atoms with Crippen LogP contribution in [0.3, 0.4) is 0 Å². The van der Waals surface area contributed by atoms with Gasteiger partial charge in [-0.2, -0.15) is 11.3 Å². The number of thiophene rings is 1. The van der Waals surface area contributed by atoms with E-state index in [0.717, 1.165) is 6.54 Å². The van der Waals surface area contributed by atoms with Crippen LogP contribution >= 0.6 is 35.3 Å². The van der Waals surface area contributed by atoms with Crippen molar-refractivity contribution in [2.75, 3.05) is 13.6 Å². The van der Waals surface area contributed by atoms with Crippen molar-refractivity contribution in [3.63, 3.8) is 0 Å². The number of rotatable bonds is 5. The molecule has 22 heavy (non-hydrogen) atoms. The predicted octanol–water partition coefficient (Wildman–Crippen LogP) is 3.97. The molecule has 2 aromatic rings. The molecule has 0 fully saturated rings. The summed E-state index contributed by atoms with van der Waals surface area (Å²) in [5.41, 5.74) is 1.95. The number of halogens is 2. The second-order valence-electron chi connectivity index (χ2n) is 4.86. The highest BCUT2D eigenvalue weighted by atomic mass is 127. The van der Waals surface area contributed by atoms with E-state index in [1.54, 1.807) is 30.5 Å². The van der Waals surface area contributed by atoms with Gasteiger partial charge in [-0.15, -0.1) is 24.0 Å². The Kier molecular flexibility index (Phi) is 8.40. The van der Waals surface area contributed by atoms with Gasteiger partial charge in [0.1, 0.15) is 5.82 Å². The summed E-state index contributed by atoms with van der Waals surface area (Å²) >= 11 is 1.70. The van der Waals surface area contributed by atoms with Crippen LogP contribution in [0.5, 0.6) is 0 Å². The lowest BCUT2D eigenvalue weighted by Crippen LogP contribution is -2.38. The molecule has 0 bridgehead atoms. The van der Waals surface area contributed by atoms with Crippen molar-refractivity contribution in [1.29, 1.82) is 0 Å². The molecule has 120 valence electrons. The topological polar surface area (TPSA) is 36.4 Å². The summed E-state index contributed by atoms with van der Waals surface area (Å²) in [7, 11) is 1.71. The summed E-state index contributed by atoms with van der Waals surface area (Å²) in [5.74, 6) is 0.885. The smallest absolute Gasteiger partial charge is 0.191 e. The minimum Gasteiger partial charge on any atom is -0.356 e. The largest absolute Gasteiger partial charge is 0.356 e. The molecule has 0 saturated heterocycles. The normalized spacial score (nSPS) is 12.4. The van der Waals surface area contributed by atoms with E-state index in [0.29, 0.717) is 24.0 Å². The first-order valence-corrected chi connectivity index (χ1v) is 7.85. The summed E-state index contributed by atoms with van der Waals surface area (Å²) < 4.78 is 13.5. The average molecular weight is 433 g/mol. The number of nitrogens with one attached hydrogen (secondary N) is 2. The lowest BCUT2D eigenvalue weighted by Gasteiger charge is -2.15. The quantitative estimate of drug-likeness (QED) is 0.425. The second kappa shape index (κ2) is 9.78. The fraction of sp³-hybridized carbons (Fsp3) is 0.312. The highest BCUT2D eigenvalue weighted by molar-refractivity contribution is 14.0. The average Bonchev–Trinajstić information content (AvgIpc) is 3.03. The molecule has 1 heterocycles. The van der Waals surface area contributed by atoms with Gasteiger partial charge in [-0.25, -0.2) is 4.39 Å². The van der Waals surface area contributed by atoms with Crippen LogP contribution in [-0.4, -0.2) is 19.6 Å². The first-order chi connectivity index (χ1) is 10.2. The Morgan fingerprint density at radius 1 is 1.27 bits per heavy atom. The number of aliphatic imine (C=N–C) groups is 1. The second-order valence-corrected chi connectivity index (χ2v) is 5.64. The third-order valence-electron chi connectivity index (χ3n) is 3.32. The van der Waals surface area contributed by atoms with Gasteiger partial charge in [0.25, 0.3) is 0 Å². The van der Waals surface area contributed by atoms with Crippen LogP contribution in [0.2, 0.25) is 0 Å². The van der Waals surface area contributed by atoms with Crippen molar-refractivity contribution >= 4 is 41.3 Å². The monoisotopic (exact) mass is 433 g/mol. The molecule has 0 aliphatic rings. The zero-order valence-corrected chi connectivity index (χ0v) is 15.8. The highest BCUT2D eigenvalue weighted by Crippen LogP contribution is 2.16. The maximum atomic E-state index is 13.5. The summed E-state index contributed by atoms with van der Waals surface area (Å²) in [5, 5.41) is 10.6. The molecule has 2 rings (SSSR count). The first kappa shape index (κ1) is 18.9. The minimum atomic E-state index is -0.202. The Labute approximate surface area is 152 Å². The Morgan fingerprint density at radius 2 is 2.05 bits per heavy atom. The maximum Gasteiger partial charge on any atom is 0.191 e. The Morgan fingerprint density at radius 3 is 2.68 bits per heavy atom. The standard InChI is InChI=1S/C16H20FN3S.HI/c1-12(14-7-8-21-11-14)9-19-16(18-2)20-10-13-5-3-4-6-15(13)17;/h3-8,11-12H,9-10H2,1-2H3,(H2,18,19,20);1H. The summed E-state index contributed by atoms with van der Waals surface area (Å²) in [6, 6.07) is 8.88. The molecule has 0 aliphatic heterocycles. The highest BCUT2D eigenvalue weighted by Gasteiger charge is 2.07. The van der Waals surface area contributed by atoms with E-state index in [1.165, 1.54) is 11.6 Å². The van der Waals surface area contributed by atoms with E-state index in [-0.39, 0.29) is 29.8 Å². The van der Waals surface area contributed by atoms with Crippen LogP contribution in [0.25, 0.3) is 0 Å². The Bertz CT molecular complexity index is 587. The van der Waals surface area contributed by atoms with Gasteiger partial charge in [0, 0.05) is 25.7 Å². The Hall–Kier alpha value is -1.15. The van der Waals surface area contributed by atoms with Gasteiger partial charge in [0.05, 0.1) is 0 Å². The molecular formula is C16H21FIN3S. The maximum absolute atomic E-state index is 13.5. The molecule has 1 atom stereocenters. The van der Waals surface area contributed by atoms with E-state index in [2.05, 4.69) is 39.4 Å². The van der Waals surface area contributed by atoms with Crippen molar-refractivity contribution in [3.8, 4) is 0 Å². The molecule has 0 aliphatic carbocycles. The molecule has 2 N–H and O–H groups in total. The summed E-state index contributed by atoms with van der Waals surface area (Å²) in [4.78, 5) is 4.16. The molecule has 0 amide bonds. The fourth-order valence-corrected chi connectivity index (χ4v) is 2.75. The van der Waals surface area contributed by atoms with Gasteiger partial charge in [-0.1, -0.05) is 25.1 Å². The predicted molar refractivity (Wildman–Crippen MR) is 103 cm³/mol. The lowest BCUT2D eigenvalue weighted by atomic mass is 10.1. The van der Waals surface area contributed by atoms with Crippen LogP contribution in [0, 0.1) is 5.82 Å². The number of nitrogens with zero attached hydrogens (tertiary/aromatic N) is 1. The van der Waals surface area contributed by atoms with E-state index < -0.39 is 0 Å². The van der Waals surface area contributed by atoms with Crippen molar-refractivity contribution in [2.24, 2.45) is 4.99 Å². The summed E-state index contributed by atoms with van der Waals surface area (Å²) in [6.07, 6.45) is 0. The van der Waals surface area contributed by atoms with Gasteiger partial charge < -0.3 is 10.6 Å². The van der Waals surface area contributed by atoms with Crippen LogP contribution in [0.15, 0.2) is 46.1 Å². The number of guanidine groups is 1. The van der Waals surface area contributed by atoms with Gasteiger partial charge in [0.2, 0.25) is 0 Å². The minimum absolute atomic E-state index is 0. The number of hydrogen-bond acceptors (Lipinski definition) is 2. The third-order valence-corrected chi connectivity index (χ3v) is 4.02. The van der Waals surface area contributed by atoms with Gasteiger partial charge in [-0.05, 0) is 34.4 Å². The zero-order valence-electron chi connectivity index (χ0n) is 12.7. The molecule has 1 unspecified atom stereocenters. The van der Waals surface area contributed by atoms with Gasteiger partial charge in [0.15, 0.2) is 5.96 Å². The number of benzene rings is 1. The van der Waals surface area contributed by atoms with Crippen LogP contribution in [-0.2, 0) is 6.54 Å². The van der Waals surface area contributed by atoms with Crippen LogP contribution in [0.4, 0.5) is 4.39 Å². The SMILES string of the molecule is CN=C(NCc1ccccc1F)NCC(C)c1ccsc1.I. The fourth-order valence-electron chi connectivity index (χ4n) is 1.96. The van der Waals surface area contributed by atoms with Gasteiger partial charge in [-0.3, -0.25) is 4.99 Å². The van der Waals surface area contributed by atoms with E-state index in [4.69, 9.17) is 0 Å². The van der Waals surface area contributed by atoms with E-state index in [1.807, 2.05) is 6.07 Å². The number of hydrogen-bond donors (Lipinski definition) is 2. The molecule has 1 aromatic heterocycles. The molecule has 0 saturated carbocycles. The van der Waals surface area contributed by atoms with Crippen molar-refractivity contribution in [3.05, 3.63) is 58.0 Å². The van der Waals surface area contributed by atoms with E-state index >= 15 is 0 Å². The lowest BCUT2D eigenvalue weighted by molar-refractivity contribution is 0.604. The summed E-state index contributed by atoms with van der Waals surface area (Å²) in [6.45, 7) is 3.37. The Balaban J connectivity index is 0.00000242. The van der Waals surface area contributed by atoms with Crippen molar-refractivity contribution in [1.82, 2.24) is 10.6 Å². The van der Waals surface area contributed by atoms with E-state index in [9.17, 15) is 4.39 Å². The van der Waals surface area contributed by atoms with Gasteiger partial charge >= 0.3 is 0 Å².